The molecule has 1 aromatic rings. The summed E-state index contributed by atoms with van der Waals surface area (Å²) < 4.78 is 24.4. The van der Waals surface area contributed by atoms with Gasteiger partial charge < -0.3 is 0 Å². The van der Waals surface area contributed by atoms with Gasteiger partial charge in [-0.2, -0.15) is 0 Å². The number of nitro groups is 1. The van der Waals surface area contributed by atoms with Gasteiger partial charge in [-0.1, -0.05) is 11.6 Å². The maximum Gasteiger partial charge on any atom is 0.310 e. The molecule has 8 heteroatoms. The maximum absolute atomic E-state index is 12.3. The third-order valence-corrected chi connectivity index (χ3v) is 2.11. The van der Waals surface area contributed by atoms with Crippen LogP contribution in [0.5, 0.6) is 0 Å². The average Bonchev–Trinajstić information content (AvgIpc) is 2.01. The summed E-state index contributed by atoms with van der Waals surface area (Å²) in [5.41, 5.74) is -1.51. The Morgan fingerprint density at radius 3 is 2.64 bits per heavy atom. The van der Waals surface area contributed by atoms with Crippen molar-refractivity contribution in [3.05, 3.63) is 31.5 Å². The Bertz CT molecular complexity index is 388. The minimum absolute atomic E-state index is 0.224. The van der Waals surface area contributed by atoms with Gasteiger partial charge in [0.2, 0.25) is 0 Å². The summed E-state index contributed by atoms with van der Waals surface area (Å²) in [7, 11) is 0. The van der Waals surface area contributed by atoms with Crippen LogP contribution < -0.4 is 0 Å². The van der Waals surface area contributed by atoms with E-state index in [2.05, 4.69) is 20.9 Å². The molecule has 0 amide bonds. The molecule has 0 aliphatic rings. The van der Waals surface area contributed by atoms with Crippen LogP contribution in [-0.4, -0.2) is 9.91 Å². The van der Waals surface area contributed by atoms with Gasteiger partial charge in [0, 0.05) is 0 Å². The molecular formula is C6H2BrClF2N2O2. The molecule has 1 aromatic heterocycles. The minimum Gasteiger partial charge on any atom is -0.258 e. The van der Waals surface area contributed by atoms with Gasteiger partial charge in [-0.15, -0.1) is 0 Å². The molecule has 76 valence electrons. The highest BCUT2D eigenvalue weighted by Gasteiger charge is 2.26. The first kappa shape index (κ1) is 11.3. The van der Waals surface area contributed by atoms with E-state index in [4.69, 9.17) is 11.6 Å². The third kappa shape index (κ3) is 2.16. The molecule has 0 radical (unpaired) electrons. The van der Waals surface area contributed by atoms with Crippen molar-refractivity contribution in [3.63, 3.8) is 0 Å². The van der Waals surface area contributed by atoms with Crippen LogP contribution in [0.4, 0.5) is 14.5 Å². The zero-order chi connectivity index (χ0) is 10.9. The van der Waals surface area contributed by atoms with Crippen LogP contribution >= 0.6 is 27.5 Å². The fraction of sp³-hybridized carbons (Fsp3) is 0.167. The number of nitrogens with zero attached hydrogens (tertiary/aromatic N) is 2. The number of hydrogen-bond donors (Lipinski definition) is 0. The Morgan fingerprint density at radius 2 is 2.21 bits per heavy atom. The lowest BCUT2D eigenvalue weighted by molar-refractivity contribution is -0.387. The number of halogens is 4. The molecule has 0 spiro atoms. The second-order valence-electron chi connectivity index (χ2n) is 2.23. The van der Waals surface area contributed by atoms with E-state index in [0.717, 1.165) is 6.07 Å². The van der Waals surface area contributed by atoms with Crippen LogP contribution in [0, 0.1) is 10.1 Å². The van der Waals surface area contributed by atoms with Gasteiger partial charge in [-0.25, -0.2) is 13.8 Å². The predicted octanol–water partition coefficient (Wildman–Crippen LogP) is 3.34. The number of alkyl halides is 2. The molecule has 4 nitrogen and oxygen atoms in total. The van der Waals surface area contributed by atoms with Crippen molar-refractivity contribution in [1.82, 2.24) is 4.98 Å². The fourth-order valence-corrected chi connectivity index (χ4v) is 1.71. The van der Waals surface area contributed by atoms with E-state index in [-0.39, 0.29) is 9.76 Å². The summed E-state index contributed by atoms with van der Waals surface area (Å²) in [4.78, 5) is 12.9. The molecule has 0 fully saturated rings. The van der Waals surface area contributed by atoms with Gasteiger partial charge in [0.05, 0.1) is 4.92 Å². The Balaban J connectivity index is 3.44. The van der Waals surface area contributed by atoms with Crippen molar-refractivity contribution in [2.45, 2.75) is 6.43 Å². The minimum atomic E-state index is -2.97. The summed E-state index contributed by atoms with van der Waals surface area (Å²) in [6.07, 6.45) is -2.97. The van der Waals surface area contributed by atoms with Gasteiger partial charge >= 0.3 is 5.69 Å². The van der Waals surface area contributed by atoms with Crippen molar-refractivity contribution in [2.24, 2.45) is 0 Å². The lowest BCUT2D eigenvalue weighted by Gasteiger charge is -2.03. The van der Waals surface area contributed by atoms with E-state index in [1.165, 1.54) is 0 Å². The highest BCUT2D eigenvalue weighted by atomic mass is 79.9. The molecule has 1 rings (SSSR count). The summed E-state index contributed by atoms with van der Waals surface area (Å²) in [5.74, 6) is 0. The Kier molecular flexibility index (Phi) is 3.33. The van der Waals surface area contributed by atoms with E-state index < -0.39 is 22.6 Å². The topological polar surface area (TPSA) is 56.0 Å². The molecule has 1 heterocycles. The van der Waals surface area contributed by atoms with E-state index in [1.807, 2.05) is 0 Å². The van der Waals surface area contributed by atoms with Gasteiger partial charge in [-0.05, 0) is 22.0 Å². The third-order valence-electron chi connectivity index (χ3n) is 1.37. The van der Waals surface area contributed by atoms with Crippen molar-refractivity contribution in [3.8, 4) is 0 Å². The van der Waals surface area contributed by atoms with Crippen LogP contribution in [-0.2, 0) is 0 Å². The SMILES string of the molecule is O=[N+]([O-])c1c(C(F)F)cc(Cl)nc1Br. The van der Waals surface area contributed by atoms with Gasteiger partial charge in [0.1, 0.15) is 10.7 Å². The molecule has 0 N–H and O–H groups in total. The first-order valence-corrected chi connectivity index (χ1v) is 4.39. The monoisotopic (exact) mass is 286 g/mol. The van der Waals surface area contributed by atoms with E-state index in [0.29, 0.717) is 0 Å². The van der Waals surface area contributed by atoms with Crippen LogP contribution in [0.25, 0.3) is 0 Å². The molecule has 14 heavy (non-hydrogen) atoms. The molecule has 0 aromatic carbocycles. The average molecular weight is 287 g/mol. The standard InChI is InChI=1S/C6H2BrClF2N2O2/c7-5-4(12(13)14)2(6(9)10)1-3(8)11-5/h1,6H. The summed E-state index contributed by atoms with van der Waals surface area (Å²) >= 11 is 8.07. The largest absolute Gasteiger partial charge is 0.310 e. The molecule has 0 saturated heterocycles. The molecule has 0 atom stereocenters. The molecule has 0 aliphatic carbocycles. The zero-order valence-electron chi connectivity index (χ0n) is 6.38. The zero-order valence-corrected chi connectivity index (χ0v) is 8.72. The number of aromatic nitrogens is 1. The second-order valence-corrected chi connectivity index (χ2v) is 3.37. The Hall–Kier alpha value is -0.820. The van der Waals surface area contributed by atoms with Gasteiger partial charge in [0.25, 0.3) is 6.43 Å². The molecule has 0 saturated carbocycles. The summed E-state index contributed by atoms with van der Waals surface area (Å²) in [6, 6.07) is 0.773. The highest BCUT2D eigenvalue weighted by Crippen LogP contribution is 2.35. The van der Waals surface area contributed by atoms with E-state index in [1.54, 1.807) is 0 Å². The number of rotatable bonds is 2. The van der Waals surface area contributed by atoms with Crippen molar-refractivity contribution in [2.75, 3.05) is 0 Å². The van der Waals surface area contributed by atoms with E-state index in [9.17, 15) is 18.9 Å². The second kappa shape index (κ2) is 4.14. The fourth-order valence-electron chi connectivity index (χ4n) is 0.842. The van der Waals surface area contributed by atoms with Crippen LogP contribution in [0.3, 0.4) is 0 Å². The maximum atomic E-state index is 12.3. The summed E-state index contributed by atoms with van der Waals surface area (Å²) in [6.45, 7) is 0. The molecule has 0 aliphatic heterocycles. The quantitative estimate of drug-likeness (QED) is 0.476. The van der Waals surface area contributed by atoms with Crippen LogP contribution in [0.1, 0.15) is 12.0 Å². The van der Waals surface area contributed by atoms with Gasteiger partial charge in [-0.3, -0.25) is 10.1 Å². The first-order chi connectivity index (χ1) is 6.43. The Morgan fingerprint density at radius 1 is 1.64 bits per heavy atom. The van der Waals surface area contributed by atoms with Crippen molar-refractivity contribution < 1.29 is 13.7 Å². The van der Waals surface area contributed by atoms with Gasteiger partial charge in [0.15, 0.2) is 4.60 Å². The lowest BCUT2D eigenvalue weighted by Crippen LogP contribution is -1.99. The molecule has 0 bridgehead atoms. The number of hydrogen-bond acceptors (Lipinski definition) is 3. The first-order valence-electron chi connectivity index (χ1n) is 3.22. The Labute approximate surface area is 90.2 Å². The van der Waals surface area contributed by atoms with Crippen molar-refractivity contribution in [1.29, 1.82) is 0 Å². The van der Waals surface area contributed by atoms with E-state index >= 15 is 0 Å². The lowest BCUT2D eigenvalue weighted by atomic mass is 10.2. The molecule has 0 unspecified atom stereocenters. The van der Waals surface area contributed by atoms with Crippen LogP contribution in [0.2, 0.25) is 5.15 Å². The predicted molar refractivity (Wildman–Crippen MR) is 48.6 cm³/mol. The highest BCUT2D eigenvalue weighted by molar-refractivity contribution is 9.10. The van der Waals surface area contributed by atoms with Crippen molar-refractivity contribution >= 4 is 33.2 Å². The molecular weight excluding hydrogens is 285 g/mol. The normalized spacial score (nSPS) is 10.6. The summed E-state index contributed by atoms with van der Waals surface area (Å²) in [5, 5.41) is 10.2. The number of pyridine rings is 1. The smallest absolute Gasteiger partial charge is 0.258 e. The van der Waals surface area contributed by atoms with Crippen LogP contribution in [0.15, 0.2) is 10.7 Å².